The Morgan fingerprint density at radius 1 is 0.939 bits per heavy atom. The summed E-state index contributed by atoms with van der Waals surface area (Å²) in [6.45, 7) is 5.41. The van der Waals surface area contributed by atoms with Gasteiger partial charge in [-0.3, -0.25) is 0 Å². The highest BCUT2D eigenvalue weighted by Gasteiger charge is 2.36. The van der Waals surface area contributed by atoms with E-state index in [-0.39, 0.29) is 30.0 Å². The molecule has 0 amide bonds. The van der Waals surface area contributed by atoms with Crippen molar-refractivity contribution in [3.63, 3.8) is 0 Å². The normalized spacial score (nSPS) is 19.5. The molecule has 2 atom stereocenters. The number of hydrogen-bond acceptors (Lipinski definition) is 2. The highest BCUT2D eigenvalue weighted by molar-refractivity contribution is 5.85. The van der Waals surface area contributed by atoms with Gasteiger partial charge < -0.3 is 10.2 Å². The van der Waals surface area contributed by atoms with E-state index in [2.05, 4.69) is 35.3 Å². The average Bonchev–Trinajstić information content (AvgIpc) is 3.15. The Balaban J connectivity index is 0.00000259. The molecule has 0 aromatic heterocycles. The molecular weight excluding hydrogens is 438 g/mol. The Hall–Kier alpha value is -2.43. The van der Waals surface area contributed by atoms with Gasteiger partial charge in [-0.05, 0) is 79.8 Å². The topological polar surface area (TPSA) is 15.3 Å². The van der Waals surface area contributed by atoms with Crippen LogP contribution in [-0.2, 0) is 0 Å². The Labute approximate surface area is 201 Å². The van der Waals surface area contributed by atoms with Crippen LogP contribution in [0.2, 0.25) is 0 Å². The third-order valence-corrected chi connectivity index (χ3v) is 7.16. The highest BCUT2D eigenvalue weighted by atomic mass is 35.5. The SMILES string of the molecule is Cc1ccc2c(c1)[C@H]1CN(CCCC(c3ccc(F)cc3)c3ccc(F)cc3)CC[C@H]1N2.Cl. The van der Waals surface area contributed by atoms with Crippen molar-refractivity contribution in [3.05, 3.63) is 101 Å². The van der Waals surface area contributed by atoms with Gasteiger partial charge in [0.2, 0.25) is 0 Å². The van der Waals surface area contributed by atoms with Crippen LogP contribution in [0.25, 0.3) is 0 Å². The van der Waals surface area contributed by atoms with Crippen LogP contribution in [0.4, 0.5) is 14.5 Å². The summed E-state index contributed by atoms with van der Waals surface area (Å²) < 4.78 is 27.0. The van der Waals surface area contributed by atoms with Crippen LogP contribution in [-0.4, -0.2) is 30.6 Å². The van der Waals surface area contributed by atoms with Crippen LogP contribution >= 0.6 is 12.4 Å². The van der Waals surface area contributed by atoms with Crippen molar-refractivity contribution in [2.45, 2.75) is 44.1 Å². The van der Waals surface area contributed by atoms with Crippen molar-refractivity contribution in [2.24, 2.45) is 0 Å². The van der Waals surface area contributed by atoms with Crippen LogP contribution in [0.3, 0.4) is 0 Å². The summed E-state index contributed by atoms with van der Waals surface area (Å²) in [6, 6.07) is 20.8. The second-order valence-corrected chi connectivity index (χ2v) is 9.34. The Bertz CT molecular complexity index is 1020. The fraction of sp³-hybridized carbons (Fsp3) is 0.357. The standard InChI is InChI=1S/C28H30F2N2.ClH/c1-19-4-13-27-25(17-19)26-18-32(16-14-28(26)31-27)15-2-3-24(20-5-9-22(29)10-6-20)21-7-11-23(30)12-8-21;/h4-13,17,24,26,28,31H,2-3,14-16,18H2,1H3;1H/t26-,28-;/m1./s1. The lowest BCUT2D eigenvalue weighted by molar-refractivity contribution is 0.198. The summed E-state index contributed by atoms with van der Waals surface area (Å²) in [6.07, 6.45) is 3.17. The number of likely N-dealkylation sites (tertiary alicyclic amines) is 1. The van der Waals surface area contributed by atoms with Crippen LogP contribution < -0.4 is 5.32 Å². The van der Waals surface area contributed by atoms with E-state index in [1.807, 2.05) is 24.3 Å². The van der Waals surface area contributed by atoms with E-state index in [0.717, 1.165) is 50.0 Å². The minimum absolute atomic E-state index is 0. The summed E-state index contributed by atoms with van der Waals surface area (Å²) in [5.41, 5.74) is 6.27. The molecule has 1 saturated heterocycles. The zero-order valence-corrected chi connectivity index (χ0v) is 19.8. The third-order valence-electron chi connectivity index (χ3n) is 7.16. The van der Waals surface area contributed by atoms with Gasteiger partial charge in [-0.1, -0.05) is 42.0 Å². The number of nitrogens with one attached hydrogen (secondary N) is 1. The molecule has 5 heteroatoms. The summed E-state index contributed by atoms with van der Waals surface area (Å²) in [4.78, 5) is 2.59. The molecule has 1 N–H and O–H groups in total. The van der Waals surface area contributed by atoms with Gasteiger partial charge in [0.25, 0.3) is 0 Å². The number of halogens is 3. The molecule has 0 radical (unpaired) electrons. The molecule has 1 fully saturated rings. The fourth-order valence-electron chi connectivity index (χ4n) is 5.47. The molecule has 2 heterocycles. The van der Waals surface area contributed by atoms with Crippen LogP contribution in [0.1, 0.15) is 53.4 Å². The van der Waals surface area contributed by atoms with E-state index in [0.29, 0.717) is 12.0 Å². The molecule has 33 heavy (non-hydrogen) atoms. The number of hydrogen-bond donors (Lipinski definition) is 1. The quantitative estimate of drug-likeness (QED) is 0.423. The van der Waals surface area contributed by atoms with Gasteiger partial charge in [0.05, 0.1) is 0 Å². The van der Waals surface area contributed by atoms with Crippen LogP contribution in [0, 0.1) is 18.6 Å². The Morgan fingerprint density at radius 2 is 1.58 bits per heavy atom. The lowest BCUT2D eigenvalue weighted by atomic mass is 9.86. The molecule has 2 aliphatic rings. The van der Waals surface area contributed by atoms with E-state index in [4.69, 9.17) is 0 Å². The molecule has 5 rings (SSSR count). The summed E-state index contributed by atoms with van der Waals surface area (Å²) >= 11 is 0. The van der Waals surface area contributed by atoms with Crippen molar-refractivity contribution < 1.29 is 8.78 Å². The van der Waals surface area contributed by atoms with E-state index in [9.17, 15) is 8.78 Å². The third kappa shape index (κ3) is 5.23. The van der Waals surface area contributed by atoms with Gasteiger partial charge in [0.1, 0.15) is 11.6 Å². The van der Waals surface area contributed by atoms with E-state index in [1.54, 1.807) is 0 Å². The molecule has 0 aliphatic carbocycles. The molecule has 0 saturated carbocycles. The molecule has 3 aromatic carbocycles. The Morgan fingerprint density at radius 3 is 2.21 bits per heavy atom. The predicted molar refractivity (Wildman–Crippen MR) is 134 cm³/mol. The van der Waals surface area contributed by atoms with Gasteiger partial charge in [-0.2, -0.15) is 0 Å². The highest BCUT2D eigenvalue weighted by Crippen LogP contribution is 2.40. The van der Waals surface area contributed by atoms with Crippen LogP contribution in [0.5, 0.6) is 0 Å². The number of benzene rings is 3. The summed E-state index contributed by atoms with van der Waals surface area (Å²) in [5.74, 6) is 0.249. The lowest BCUT2D eigenvalue weighted by Gasteiger charge is -2.35. The Kier molecular flexibility index (Phi) is 7.35. The number of fused-ring (bicyclic) bond motifs is 3. The van der Waals surface area contributed by atoms with Crippen LogP contribution in [0.15, 0.2) is 66.7 Å². The molecule has 0 unspecified atom stereocenters. The average molecular weight is 469 g/mol. The molecule has 174 valence electrons. The molecule has 0 spiro atoms. The zero-order chi connectivity index (χ0) is 22.1. The number of rotatable bonds is 6. The second-order valence-electron chi connectivity index (χ2n) is 9.34. The first-order valence-electron chi connectivity index (χ1n) is 11.7. The molecule has 2 aliphatic heterocycles. The molecular formula is C28H31ClF2N2. The number of piperidine rings is 1. The van der Waals surface area contributed by atoms with Gasteiger partial charge in [0, 0.05) is 36.7 Å². The number of nitrogens with zero attached hydrogens (tertiary/aromatic N) is 1. The summed E-state index contributed by atoms with van der Waals surface area (Å²) in [5, 5.41) is 3.72. The van der Waals surface area contributed by atoms with Crippen molar-refractivity contribution in [2.75, 3.05) is 25.0 Å². The van der Waals surface area contributed by atoms with E-state index < -0.39 is 0 Å². The lowest BCUT2D eigenvalue weighted by Crippen LogP contribution is -2.42. The van der Waals surface area contributed by atoms with Crippen molar-refractivity contribution in [1.82, 2.24) is 4.90 Å². The van der Waals surface area contributed by atoms with Crippen molar-refractivity contribution >= 4 is 18.1 Å². The maximum Gasteiger partial charge on any atom is 0.123 e. The first-order valence-corrected chi connectivity index (χ1v) is 11.7. The van der Waals surface area contributed by atoms with Gasteiger partial charge in [-0.15, -0.1) is 12.4 Å². The second kappa shape index (κ2) is 10.2. The zero-order valence-electron chi connectivity index (χ0n) is 18.9. The number of aryl methyl sites for hydroxylation is 1. The van der Waals surface area contributed by atoms with Gasteiger partial charge in [-0.25, -0.2) is 8.78 Å². The minimum Gasteiger partial charge on any atom is -0.381 e. The maximum atomic E-state index is 13.5. The van der Waals surface area contributed by atoms with Gasteiger partial charge in [0.15, 0.2) is 0 Å². The van der Waals surface area contributed by atoms with E-state index >= 15 is 0 Å². The van der Waals surface area contributed by atoms with Gasteiger partial charge >= 0.3 is 0 Å². The first kappa shape index (κ1) is 23.7. The first-order chi connectivity index (χ1) is 15.6. The monoisotopic (exact) mass is 468 g/mol. The maximum absolute atomic E-state index is 13.5. The van der Waals surface area contributed by atoms with Crippen molar-refractivity contribution in [3.8, 4) is 0 Å². The minimum atomic E-state index is -0.227. The number of anilines is 1. The molecule has 2 nitrogen and oxygen atoms in total. The largest absolute Gasteiger partial charge is 0.381 e. The summed E-state index contributed by atoms with van der Waals surface area (Å²) in [7, 11) is 0. The molecule has 3 aromatic rings. The smallest absolute Gasteiger partial charge is 0.123 e. The predicted octanol–water partition coefficient (Wildman–Crippen LogP) is 6.89. The van der Waals surface area contributed by atoms with Crippen molar-refractivity contribution in [1.29, 1.82) is 0 Å². The molecule has 0 bridgehead atoms. The fourth-order valence-corrected chi connectivity index (χ4v) is 5.47. The van der Waals surface area contributed by atoms with E-state index in [1.165, 1.54) is 41.1 Å².